The Morgan fingerprint density at radius 3 is 2.35 bits per heavy atom. The van der Waals surface area contributed by atoms with Gasteiger partial charge in [-0.15, -0.1) is 12.4 Å². The van der Waals surface area contributed by atoms with E-state index in [1.165, 1.54) is 12.8 Å². The quantitative estimate of drug-likeness (QED) is 0.786. The van der Waals surface area contributed by atoms with Crippen molar-refractivity contribution in [3.05, 3.63) is 60.2 Å². The Bertz CT molecular complexity index is 688. The fourth-order valence-electron chi connectivity index (χ4n) is 3.14. The highest BCUT2D eigenvalue weighted by molar-refractivity contribution is 5.95. The van der Waals surface area contributed by atoms with E-state index < -0.39 is 0 Å². The summed E-state index contributed by atoms with van der Waals surface area (Å²) in [6, 6.07) is 18.0. The molecule has 1 heterocycles. The topological polar surface area (TPSA) is 44.8 Å². The van der Waals surface area contributed by atoms with E-state index in [9.17, 15) is 4.79 Å². The van der Waals surface area contributed by atoms with Crippen molar-refractivity contribution in [2.24, 2.45) is 0 Å². The predicted octanol–water partition coefficient (Wildman–Crippen LogP) is 3.13. The molecule has 0 radical (unpaired) electrons. The number of hydrogen-bond donors (Lipinski definition) is 1. The second-order valence-electron chi connectivity index (χ2n) is 6.13. The molecular weight excluding hydrogens is 350 g/mol. The van der Waals surface area contributed by atoms with Crippen LogP contribution in [0.2, 0.25) is 0 Å². The fourth-order valence-corrected chi connectivity index (χ4v) is 3.14. The van der Waals surface area contributed by atoms with E-state index in [-0.39, 0.29) is 18.4 Å². The van der Waals surface area contributed by atoms with Gasteiger partial charge in [0.1, 0.15) is 0 Å². The molecule has 1 N–H and O–H groups in total. The number of carbonyl (C=O) groups excluding carboxylic acids is 1. The van der Waals surface area contributed by atoms with Gasteiger partial charge in [-0.05, 0) is 24.3 Å². The first-order valence-corrected chi connectivity index (χ1v) is 8.71. The summed E-state index contributed by atoms with van der Waals surface area (Å²) in [4.78, 5) is 16.7. The number of anilines is 2. The maximum Gasteiger partial charge on any atom is 0.339 e. The largest absolute Gasteiger partial charge is 0.465 e. The molecule has 140 valence electrons. The predicted molar refractivity (Wildman–Crippen MR) is 109 cm³/mol. The molecule has 3 rings (SSSR count). The number of ether oxygens (including phenoxy) is 1. The number of piperazine rings is 1. The minimum Gasteiger partial charge on any atom is -0.465 e. The number of para-hydroxylation sites is 2. The van der Waals surface area contributed by atoms with Gasteiger partial charge in [0.05, 0.1) is 12.7 Å². The highest BCUT2D eigenvalue weighted by Crippen LogP contribution is 2.17. The molecule has 1 aliphatic rings. The number of benzene rings is 2. The van der Waals surface area contributed by atoms with Gasteiger partial charge in [0.25, 0.3) is 0 Å². The van der Waals surface area contributed by atoms with Gasteiger partial charge in [-0.3, -0.25) is 4.90 Å². The lowest BCUT2D eigenvalue weighted by Crippen LogP contribution is -2.47. The van der Waals surface area contributed by atoms with Crippen LogP contribution in [0.3, 0.4) is 0 Å². The Hall–Kier alpha value is -2.24. The number of halogens is 1. The van der Waals surface area contributed by atoms with Gasteiger partial charge < -0.3 is 15.0 Å². The fraction of sp³-hybridized carbons (Fsp3) is 0.350. The lowest BCUT2D eigenvalue weighted by Gasteiger charge is -2.36. The summed E-state index contributed by atoms with van der Waals surface area (Å²) in [7, 11) is 1.41. The highest BCUT2D eigenvalue weighted by Gasteiger charge is 2.17. The summed E-state index contributed by atoms with van der Waals surface area (Å²) < 4.78 is 4.83. The van der Waals surface area contributed by atoms with Crippen molar-refractivity contribution in [1.29, 1.82) is 0 Å². The molecule has 2 aromatic carbocycles. The van der Waals surface area contributed by atoms with Crippen LogP contribution in [0.15, 0.2) is 54.6 Å². The van der Waals surface area contributed by atoms with Crippen LogP contribution in [0, 0.1) is 0 Å². The Kier molecular flexibility index (Phi) is 7.75. The van der Waals surface area contributed by atoms with Crippen molar-refractivity contribution in [3.8, 4) is 0 Å². The summed E-state index contributed by atoms with van der Waals surface area (Å²) in [5.74, 6) is -0.306. The number of methoxy groups -OCH3 is 1. The molecule has 0 atom stereocenters. The first-order chi connectivity index (χ1) is 12.3. The van der Waals surface area contributed by atoms with E-state index in [1.54, 1.807) is 6.07 Å². The smallest absolute Gasteiger partial charge is 0.339 e. The van der Waals surface area contributed by atoms with E-state index in [0.717, 1.165) is 45.0 Å². The highest BCUT2D eigenvalue weighted by atomic mass is 35.5. The zero-order valence-corrected chi connectivity index (χ0v) is 15.9. The molecule has 2 aromatic rings. The van der Waals surface area contributed by atoms with E-state index in [4.69, 9.17) is 4.74 Å². The minimum absolute atomic E-state index is 0. The number of nitrogens with one attached hydrogen (secondary N) is 1. The molecule has 1 saturated heterocycles. The second-order valence-corrected chi connectivity index (χ2v) is 6.13. The van der Waals surface area contributed by atoms with Gasteiger partial charge >= 0.3 is 5.97 Å². The van der Waals surface area contributed by atoms with Gasteiger partial charge in [0, 0.05) is 50.6 Å². The molecule has 0 saturated carbocycles. The maximum atomic E-state index is 11.8. The SMILES string of the molecule is COC(=O)c1ccccc1NCCN1CCN(c2ccccc2)CC1.Cl. The molecule has 6 heteroatoms. The number of carbonyl (C=O) groups is 1. The molecule has 5 nitrogen and oxygen atoms in total. The third-order valence-electron chi connectivity index (χ3n) is 4.57. The number of rotatable bonds is 6. The van der Waals surface area contributed by atoms with Crippen LogP contribution in [-0.2, 0) is 4.74 Å². The molecule has 26 heavy (non-hydrogen) atoms. The monoisotopic (exact) mass is 375 g/mol. The Labute approximate surface area is 161 Å². The Balaban J connectivity index is 0.00000243. The van der Waals surface area contributed by atoms with E-state index in [2.05, 4.69) is 45.4 Å². The molecule has 0 unspecified atom stereocenters. The zero-order valence-electron chi connectivity index (χ0n) is 15.1. The van der Waals surface area contributed by atoms with Crippen molar-refractivity contribution >= 4 is 29.8 Å². The molecule has 0 spiro atoms. The van der Waals surface area contributed by atoms with Crippen LogP contribution in [0.5, 0.6) is 0 Å². The van der Waals surface area contributed by atoms with Crippen molar-refractivity contribution in [3.63, 3.8) is 0 Å². The average Bonchev–Trinajstić information content (AvgIpc) is 2.69. The lowest BCUT2D eigenvalue weighted by atomic mass is 10.2. The van der Waals surface area contributed by atoms with Gasteiger partial charge in [-0.1, -0.05) is 30.3 Å². The maximum absolute atomic E-state index is 11.8. The normalized spacial score (nSPS) is 14.4. The van der Waals surface area contributed by atoms with Gasteiger partial charge in [-0.2, -0.15) is 0 Å². The van der Waals surface area contributed by atoms with E-state index >= 15 is 0 Å². The first-order valence-electron chi connectivity index (χ1n) is 8.71. The Morgan fingerprint density at radius 1 is 1.00 bits per heavy atom. The summed E-state index contributed by atoms with van der Waals surface area (Å²) in [5, 5.41) is 3.36. The van der Waals surface area contributed by atoms with Gasteiger partial charge in [-0.25, -0.2) is 4.79 Å². The van der Waals surface area contributed by atoms with Crippen molar-refractivity contribution in [2.75, 3.05) is 56.6 Å². The molecule has 0 bridgehead atoms. The number of esters is 1. The van der Waals surface area contributed by atoms with Crippen LogP contribution in [0.4, 0.5) is 11.4 Å². The minimum atomic E-state index is -0.306. The van der Waals surface area contributed by atoms with Crippen molar-refractivity contribution in [1.82, 2.24) is 4.90 Å². The van der Waals surface area contributed by atoms with Gasteiger partial charge in [0.15, 0.2) is 0 Å². The van der Waals surface area contributed by atoms with Crippen LogP contribution >= 0.6 is 12.4 Å². The number of hydrogen-bond acceptors (Lipinski definition) is 5. The molecule has 0 aliphatic carbocycles. The Morgan fingerprint density at radius 2 is 1.65 bits per heavy atom. The molecule has 0 aromatic heterocycles. The lowest BCUT2D eigenvalue weighted by molar-refractivity contribution is 0.0602. The van der Waals surface area contributed by atoms with Crippen molar-refractivity contribution in [2.45, 2.75) is 0 Å². The van der Waals surface area contributed by atoms with E-state index in [1.807, 2.05) is 18.2 Å². The zero-order chi connectivity index (χ0) is 17.5. The number of nitrogens with zero attached hydrogens (tertiary/aromatic N) is 2. The standard InChI is InChI=1S/C20H25N3O2.ClH/c1-25-20(24)18-9-5-6-10-19(18)21-11-12-22-13-15-23(16-14-22)17-7-3-2-4-8-17;/h2-10,21H,11-16H2,1H3;1H. The molecule has 0 amide bonds. The third kappa shape index (κ3) is 5.13. The summed E-state index contributed by atoms with van der Waals surface area (Å²) in [6.45, 7) is 5.95. The van der Waals surface area contributed by atoms with Crippen molar-refractivity contribution < 1.29 is 9.53 Å². The van der Waals surface area contributed by atoms with Crippen LogP contribution in [-0.4, -0.2) is 57.2 Å². The summed E-state index contributed by atoms with van der Waals surface area (Å²) in [6.07, 6.45) is 0. The van der Waals surface area contributed by atoms with Gasteiger partial charge in [0.2, 0.25) is 0 Å². The van der Waals surface area contributed by atoms with Crippen LogP contribution in [0.1, 0.15) is 10.4 Å². The third-order valence-corrected chi connectivity index (χ3v) is 4.57. The van der Waals surface area contributed by atoms with Crippen LogP contribution in [0.25, 0.3) is 0 Å². The second kappa shape index (κ2) is 10.0. The van der Waals surface area contributed by atoms with Crippen LogP contribution < -0.4 is 10.2 Å². The first kappa shape index (κ1) is 20.1. The summed E-state index contributed by atoms with van der Waals surface area (Å²) >= 11 is 0. The average molecular weight is 376 g/mol. The van der Waals surface area contributed by atoms with E-state index in [0.29, 0.717) is 5.56 Å². The summed E-state index contributed by atoms with van der Waals surface area (Å²) in [5.41, 5.74) is 2.71. The molecular formula is C20H26ClN3O2. The molecule has 1 fully saturated rings. The molecule has 1 aliphatic heterocycles.